The van der Waals surface area contributed by atoms with Gasteiger partial charge < -0.3 is 15.5 Å². The number of hydrogen-bond donors (Lipinski definition) is 2. The number of carbonyl (C=O) groups is 1. The first kappa shape index (κ1) is 20.5. The van der Waals surface area contributed by atoms with Crippen LogP contribution in [-0.4, -0.2) is 45.4 Å². The van der Waals surface area contributed by atoms with Crippen molar-refractivity contribution in [3.63, 3.8) is 0 Å². The largest absolute Gasteiger partial charge is 0.340 e. The number of amides is 1. The molecule has 7 nitrogen and oxygen atoms in total. The van der Waals surface area contributed by atoms with Gasteiger partial charge in [-0.15, -0.1) is 0 Å². The number of benzene rings is 1. The molecule has 0 aliphatic carbocycles. The first-order chi connectivity index (χ1) is 15.7. The molecule has 1 atom stereocenters. The van der Waals surface area contributed by atoms with E-state index in [0.29, 0.717) is 6.54 Å². The van der Waals surface area contributed by atoms with Crippen molar-refractivity contribution in [2.24, 2.45) is 0 Å². The molecule has 1 aliphatic heterocycles. The summed E-state index contributed by atoms with van der Waals surface area (Å²) in [6, 6.07) is 14.1. The van der Waals surface area contributed by atoms with Gasteiger partial charge in [0.05, 0.1) is 16.3 Å². The molecule has 1 amide bonds. The quantitative estimate of drug-likeness (QED) is 0.464. The number of fused-ring (bicyclic) bond motifs is 1. The van der Waals surface area contributed by atoms with E-state index in [1.54, 1.807) is 34.8 Å². The van der Waals surface area contributed by atoms with Crippen LogP contribution in [0.3, 0.4) is 0 Å². The second-order valence-electron chi connectivity index (χ2n) is 7.95. The minimum absolute atomic E-state index is 0.0563. The van der Waals surface area contributed by atoms with Crippen molar-refractivity contribution >= 4 is 38.4 Å². The topological polar surface area (TPSA) is 83.0 Å². The van der Waals surface area contributed by atoms with E-state index in [1.807, 2.05) is 37.4 Å². The van der Waals surface area contributed by atoms with Crippen molar-refractivity contribution in [1.82, 2.24) is 25.2 Å². The van der Waals surface area contributed by atoms with E-state index in [-0.39, 0.29) is 11.9 Å². The first-order valence-electron chi connectivity index (χ1n) is 10.7. The molecule has 1 aliphatic rings. The smallest absolute Gasteiger partial charge is 0.239 e. The first-order valence-corrected chi connectivity index (χ1v) is 11.5. The highest BCUT2D eigenvalue weighted by Crippen LogP contribution is 2.31. The van der Waals surface area contributed by atoms with Crippen molar-refractivity contribution < 1.29 is 4.79 Å². The summed E-state index contributed by atoms with van der Waals surface area (Å²) in [5.74, 6) is 0.862. The van der Waals surface area contributed by atoms with Crippen LogP contribution in [0.4, 0.5) is 10.9 Å². The van der Waals surface area contributed by atoms with Crippen molar-refractivity contribution in [2.45, 2.75) is 25.4 Å². The summed E-state index contributed by atoms with van der Waals surface area (Å²) in [6.07, 6.45) is 7.32. The lowest BCUT2D eigenvalue weighted by Crippen LogP contribution is -2.41. The van der Waals surface area contributed by atoms with Crippen LogP contribution in [0.5, 0.6) is 0 Å². The molecule has 8 heteroatoms. The lowest BCUT2D eigenvalue weighted by atomic mass is 10.1. The number of aromatic nitrogens is 3. The van der Waals surface area contributed by atoms with Gasteiger partial charge in [0.25, 0.3) is 0 Å². The molecule has 1 unspecified atom stereocenters. The lowest BCUT2D eigenvalue weighted by Gasteiger charge is -2.21. The maximum Gasteiger partial charge on any atom is 0.239 e. The fourth-order valence-electron chi connectivity index (χ4n) is 3.97. The summed E-state index contributed by atoms with van der Waals surface area (Å²) in [5.41, 5.74) is 4.24. The molecule has 0 radical (unpaired) electrons. The minimum atomic E-state index is -0.0563. The van der Waals surface area contributed by atoms with Crippen LogP contribution in [0.2, 0.25) is 0 Å². The molecule has 1 fully saturated rings. The summed E-state index contributed by atoms with van der Waals surface area (Å²) >= 11 is 1.59. The van der Waals surface area contributed by atoms with Gasteiger partial charge in [0, 0.05) is 32.2 Å². The average molecular weight is 445 g/mol. The van der Waals surface area contributed by atoms with Crippen molar-refractivity contribution in [1.29, 1.82) is 0 Å². The Labute approximate surface area is 190 Å². The zero-order valence-electron chi connectivity index (χ0n) is 17.8. The van der Waals surface area contributed by atoms with Crippen molar-refractivity contribution in [3.05, 3.63) is 66.6 Å². The number of thiazole rings is 1. The molecule has 1 aromatic carbocycles. The van der Waals surface area contributed by atoms with Crippen LogP contribution in [0.25, 0.3) is 21.3 Å². The number of hydrogen-bond acceptors (Lipinski definition) is 7. The van der Waals surface area contributed by atoms with Gasteiger partial charge in [0.15, 0.2) is 5.13 Å². The third-order valence-corrected chi connectivity index (χ3v) is 6.55. The highest BCUT2D eigenvalue weighted by molar-refractivity contribution is 7.22. The van der Waals surface area contributed by atoms with Gasteiger partial charge in [0.2, 0.25) is 5.91 Å². The molecule has 0 bridgehead atoms. The van der Waals surface area contributed by atoms with Gasteiger partial charge in [-0.25, -0.2) is 9.97 Å². The molecule has 4 heterocycles. The Kier molecular flexibility index (Phi) is 5.79. The number of nitrogens with zero attached hydrogens (tertiary/aromatic N) is 4. The monoisotopic (exact) mass is 444 g/mol. The molecule has 4 aromatic rings. The molecule has 32 heavy (non-hydrogen) atoms. The van der Waals surface area contributed by atoms with Gasteiger partial charge in [-0.05, 0) is 72.5 Å². The normalized spacial score (nSPS) is 15.7. The fraction of sp³-hybridized carbons (Fsp3) is 0.250. The standard InChI is InChI=1S/C24H24N6OS/c1-30(23(31)20-3-2-9-26-20)15-16-6-12-27-22(13-16)29-24-28-19-5-4-18(14-21(19)32-24)17-7-10-25-11-8-17/h4-8,10-14,20,26H,2-3,9,15H2,1H3,(H,27,28,29). The molecule has 0 saturated carbocycles. The second kappa shape index (κ2) is 9.02. The predicted octanol–water partition coefficient (Wildman–Crippen LogP) is 4.21. The highest BCUT2D eigenvalue weighted by Gasteiger charge is 2.24. The Bertz CT molecular complexity index is 1240. The number of likely N-dealkylation sites (N-methyl/N-ethyl adjacent to an activating group) is 1. The second-order valence-corrected chi connectivity index (χ2v) is 8.99. The summed E-state index contributed by atoms with van der Waals surface area (Å²) in [7, 11) is 1.85. The van der Waals surface area contributed by atoms with E-state index < -0.39 is 0 Å². The van der Waals surface area contributed by atoms with Gasteiger partial charge in [-0.1, -0.05) is 17.4 Å². The maximum absolute atomic E-state index is 12.6. The SMILES string of the molecule is CN(Cc1ccnc(Nc2nc3ccc(-c4ccncc4)cc3s2)c1)C(=O)C1CCCN1. The molecule has 0 spiro atoms. The van der Waals surface area contributed by atoms with Crippen LogP contribution >= 0.6 is 11.3 Å². The number of pyridine rings is 2. The Hall–Kier alpha value is -3.36. The molecular formula is C24H24N6OS. The zero-order chi connectivity index (χ0) is 21.9. The summed E-state index contributed by atoms with van der Waals surface area (Å²) in [5, 5.41) is 7.38. The molecule has 3 aromatic heterocycles. The highest BCUT2D eigenvalue weighted by atomic mass is 32.1. The third-order valence-electron chi connectivity index (χ3n) is 5.62. The van der Waals surface area contributed by atoms with Crippen molar-refractivity contribution in [3.8, 4) is 11.1 Å². The van der Waals surface area contributed by atoms with E-state index in [9.17, 15) is 4.79 Å². The minimum Gasteiger partial charge on any atom is -0.340 e. The summed E-state index contributed by atoms with van der Waals surface area (Å²) in [4.78, 5) is 27.6. The van der Waals surface area contributed by atoms with E-state index >= 15 is 0 Å². The van der Waals surface area contributed by atoms with Gasteiger partial charge in [-0.3, -0.25) is 9.78 Å². The Morgan fingerprint density at radius 3 is 2.84 bits per heavy atom. The molecule has 162 valence electrons. The van der Waals surface area contributed by atoms with Crippen LogP contribution in [0.1, 0.15) is 18.4 Å². The van der Waals surface area contributed by atoms with Crippen LogP contribution in [0.15, 0.2) is 61.1 Å². The lowest BCUT2D eigenvalue weighted by molar-refractivity contribution is -0.132. The number of nitrogens with one attached hydrogen (secondary N) is 2. The van der Waals surface area contributed by atoms with Gasteiger partial charge in [-0.2, -0.15) is 0 Å². The molecule has 1 saturated heterocycles. The zero-order valence-corrected chi connectivity index (χ0v) is 18.6. The number of anilines is 2. The number of carbonyl (C=O) groups excluding carboxylic acids is 1. The van der Waals surface area contributed by atoms with Crippen LogP contribution in [-0.2, 0) is 11.3 Å². The molecular weight excluding hydrogens is 420 g/mol. The van der Waals surface area contributed by atoms with Crippen LogP contribution in [0, 0.1) is 0 Å². The third kappa shape index (κ3) is 4.46. The fourth-order valence-corrected chi connectivity index (χ4v) is 4.88. The predicted molar refractivity (Wildman–Crippen MR) is 128 cm³/mol. The maximum atomic E-state index is 12.6. The van der Waals surface area contributed by atoms with E-state index in [0.717, 1.165) is 57.2 Å². The van der Waals surface area contributed by atoms with E-state index in [2.05, 4.69) is 32.7 Å². The van der Waals surface area contributed by atoms with Crippen LogP contribution < -0.4 is 10.6 Å². The number of rotatable bonds is 6. The Morgan fingerprint density at radius 2 is 2.03 bits per heavy atom. The van der Waals surface area contributed by atoms with Crippen molar-refractivity contribution in [2.75, 3.05) is 18.9 Å². The molecule has 2 N–H and O–H groups in total. The van der Waals surface area contributed by atoms with Gasteiger partial charge in [0.1, 0.15) is 5.82 Å². The molecule has 5 rings (SSSR count). The van der Waals surface area contributed by atoms with Gasteiger partial charge >= 0.3 is 0 Å². The summed E-state index contributed by atoms with van der Waals surface area (Å²) < 4.78 is 1.10. The van der Waals surface area contributed by atoms with E-state index in [4.69, 9.17) is 4.98 Å². The average Bonchev–Trinajstić information content (AvgIpc) is 3.48. The van der Waals surface area contributed by atoms with E-state index in [1.165, 1.54) is 0 Å². The Morgan fingerprint density at radius 1 is 1.16 bits per heavy atom. The Balaban J connectivity index is 1.30. The summed E-state index contributed by atoms with van der Waals surface area (Å²) in [6.45, 7) is 1.46.